The van der Waals surface area contributed by atoms with Crippen LogP contribution in [0.1, 0.15) is 72.5 Å². The maximum Gasteiger partial charge on any atom is 0.401 e. The fraction of sp³-hybridized carbons (Fsp3) is 0.389. The molecule has 3 fully saturated rings. The van der Waals surface area contributed by atoms with Gasteiger partial charge in [0.2, 0.25) is 11.7 Å². The number of anilines is 1. The topological polar surface area (TPSA) is 201 Å². The van der Waals surface area contributed by atoms with E-state index in [0.29, 0.717) is 17.8 Å². The molecule has 8 rings (SSSR count). The maximum absolute atomic E-state index is 15.0. The third-order valence-corrected chi connectivity index (χ3v) is 10.5. The van der Waals surface area contributed by atoms with Gasteiger partial charge in [0, 0.05) is 56.6 Å². The molecule has 0 bridgehead atoms. The van der Waals surface area contributed by atoms with Crippen molar-refractivity contribution in [3.63, 3.8) is 0 Å². The van der Waals surface area contributed by atoms with Crippen molar-refractivity contribution in [1.82, 2.24) is 55.8 Å². The average Bonchev–Trinajstić information content (AvgIpc) is 3.83. The van der Waals surface area contributed by atoms with Gasteiger partial charge in [0.05, 0.1) is 36.0 Å². The third kappa shape index (κ3) is 7.06. The van der Waals surface area contributed by atoms with Gasteiger partial charge in [-0.05, 0) is 55.7 Å². The smallest absolute Gasteiger partial charge is 0.350 e. The normalized spacial score (nSPS) is 17.4. The first kappa shape index (κ1) is 36.8. The minimum atomic E-state index is -4.56. The lowest BCUT2D eigenvalue weighted by Gasteiger charge is -2.59. The van der Waals surface area contributed by atoms with Crippen LogP contribution in [0.3, 0.4) is 0 Å². The highest BCUT2D eigenvalue weighted by molar-refractivity contribution is 6.05. The number of aromatic nitrogens is 8. The van der Waals surface area contributed by atoms with E-state index in [9.17, 15) is 27.6 Å². The van der Waals surface area contributed by atoms with Gasteiger partial charge in [0.15, 0.2) is 17.3 Å². The molecule has 0 radical (unpaired) electrons. The number of rotatable bonds is 10. The molecule has 20 heteroatoms. The molecule has 3 N–H and O–H groups in total. The predicted molar refractivity (Wildman–Crippen MR) is 187 cm³/mol. The zero-order chi connectivity index (χ0) is 39.4. The number of nitrogens with one attached hydrogen (secondary N) is 3. The number of hydrogen-bond acceptors (Lipinski definition) is 12. The minimum Gasteiger partial charge on any atom is -0.350 e. The molecule has 0 atom stereocenters. The number of imide groups is 1. The number of aromatic amines is 1. The Hall–Kier alpha value is -6.18. The Balaban J connectivity index is 0.797. The van der Waals surface area contributed by atoms with E-state index in [-0.39, 0.29) is 65.5 Å². The van der Waals surface area contributed by atoms with Crippen molar-refractivity contribution in [2.24, 2.45) is 5.41 Å². The summed E-state index contributed by atoms with van der Waals surface area (Å²) < 4.78 is 60.0. The summed E-state index contributed by atoms with van der Waals surface area (Å²) in [4.78, 5) is 61.4. The Kier molecular flexibility index (Phi) is 9.09. The lowest BCUT2D eigenvalue weighted by molar-refractivity contribution is -0.182. The predicted octanol–water partition coefficient (Wildman–Crippen LogP) is 4.44. The minimum absolute atomic E-state index is 0.0330. The van der Waals surface area contributed by atoms with Crippen LogP contribution in [0.5, 0.6) is 0 Å². The first-order valence-electron chi connectivity index (χ1n) is 17.7. The van der Waals surface area contributed by atoms with E-state index in [1.54, 1.807) is 30.9 Å². The Labute approximate surface area is 315 Å². The third-order valence-electron chi connectivity index (χ3n) is 10.5. The summed E-state index contributed by atoms with van der Waals surface area (Å²) in [6, 6.07) is 5.72. The summed E-state index contributed by atoms with van der Waals surface area (Å²) in [7, 11) is 0. The lowest BCUT2D eigenvalue weighted by atomic mass is 9.56. The van der Waals surface area contributed by atoms with Gasteiger partial charge in [0.25, 0.3) is 5.91 Å². The molecule has 1 saturated carbocycles. The van der Waals surface area contributed by atoms with Crippen LogP contribution in [0.4, 0.5) is 28.0 Å². The zero-order valence-electron chi connectivity index (χ0n) is 30.0. The summed E-state index contributed by atoms with van der Waals surface area (Å²) in [6.45, 7) is 4.29. The van der Waals surface area contributed by atoms with E-state index in [1.165, 1.54) is 17.0 Å². The molecule has 3 aliphatic rings. The Morgan fingerprint density at radius 3 is 2.46 bits per heavy atom. The molecule has 2 aliphatic heterocycles. The largest absolute Gasteiger partial charge is 0.401 e. The highest BCUT2D eigenvalue weighted by Gasteiger charge is 2.53. The molecule has 5 aromatic rings. The number of amides is 4. The van der Waals surface area contributed by atoms with Gasteiger partial charge in [-0.25, -0.2) is 24.1 Å². The summed E-state index contributed by atoms with van der Waals surface area (Å²) in [5.41, 5.74) is 1.16. The molecule has 2 saturated heterocycles. The van der Waals surface area contributed by atoms with Crippen molar-refractivity contribution in [3.8, 4) is 22.8 Å². The van der Waals surface area contributed by atoms with Crippen LogP contribution >= 0.6 is 0 Å². The van der Waals surface area contributed by atoms with Gasteiger partial charge in [0.1, 0.15) is 17.1 Å². The Bertz CT molecular complexity index is 2300. The molecule has 1 aliphatic carbocycles. The molecule has 1 spiro atoms. The van der Waals surface area contributed by atoms with Crippen LogP contribution in [0.2, 0.25) is 0 Å². The first-order valence-corrected chi connectivity index (χ1v) is 17.7. The molecule has 290 valence electrons. The van der Waals surface area contributed by atoms with Gasteiger partial charge in [-0.2, -0.15) is 18.3 Å². The standard InChI is InChI=1S/C36H34F4N12O4/c1-34(2,36(38,39)40)32-46-28(48-49-32)15-45-31(54)27-8-24(50-56-27)30-43-11-21(12-44-30)25-14-41-22(13-42-25)16-51-17-35(18-51)9-20(10-35)19-3-4-26(23(37)7-19)52-6-5-29(53)47-33(52)55/h3-4,7-8,11-14,20H,5-6,9-10,15-18H2,1-2H3,(H,45,54)(H,46,48,49)(H,47,53,55). The number of H-pyrrole nitrogens is 1. The SMILES string of the molecule is CC(C)(c1n[nH]c(CNC(=O)c2cc(-c3ncc(-c4cnc(CN5CC6(CC(c7ccc(N8CCC(=O)NC8=O)c(F)c7)C6)C5)cn4)cn3)no2)n1)C(F)(F)F. The second-order valence-electron chi connectivity index (χ2n) is 14.9. The molecular formula is C36H34F4N12O4. The average molecular weight is 775 g/mol. The van der Waals surface area contributed by atoms with Crippen LogP contribution in [-0.4, -0.2) is 88.8 Å². The molecule has 1 aromatic carbocycles. The van der Waals surface area contributed by atoms with Crippen LogP contribution < -0.4 is 15.5 Å². The molecule has 4 aromatic heterocycles. The molecule has 4 amide bonds. The van der Waals surface area contributed by atoms with E-state index < -0.39 is 35.2 Å². The monoisotopic (exact) mass is 774 g/mol. The zero-order valence-corrected chi connectivity index (χ0v) is 30.0. The van der Waals surface area contributed by atoms with Crippen LogP contribution in [0, 0.1) is 11.2 Å². The van der Waals surface area contributed by atoms with Gasteiger partial charge < -0.3 is 9.84 Å². The van der Waals surface area contributed by atoms with Gasteiger partial charge >= 0.3 is 12.2 Å². The van der Waals surface area contributed by atoms with E-state index >= 15 is 4.39 Å². The van der Waals surface area contributed by atoms with E-state index in [2.05, 4.69) is 55.8 Å². The fourth-order valence-corrected chi connectivity index (χ4v) is 7.21. The van der Waals surface area contributed by atoms with E-state index in [1.807, 2.05) is 6.07 Å². The number of carbonyl (C=O) groups is 3. The Morgan fingerprint density at radius 1 is 1.02 bits per heavy atom. The fourth-order valence-electron chi connectivity index (χ4n) is 7.21. The maximum atomic E-state index is 15.0. The van der Waals surface area contributed by atoms with Crippen molar-refractivity contribution in [2.45, 2.75) is 63.7 Å². The number of likely N-dealkylation sites (tertiary alicyclic amines) is 1. The second-order valence-corrected chi connectivity index (χ2v) is 14.9. The van der Waals surface area contributed by atoms with Gasteiger partial charge in [-0.15, -0.1) is 0 Å². The van der Waals surface area contributed by atoms with Crippen molar-refractivity contribution in [2.75, 3.05) is 24.5 Å². The molecule has 0 unspecified atom stereocenters. The second kappa shape index (κ2) is 13.8. The molecular weight excluding hydrogens is 740 g/mol. The number of urea groups is 1. The van der Waals surface area contributed by atoms with Crippen molar-refractivity contribution >= 4 is 23.5 Å². The van der Waals surface area contributed by atoms with Gasteiger partial charge in [-0.3, -0.25) is 39.8 Å². The van der Waals surface area contributed by atoms with Crippen molar-refractivity contribution < 1.29 is 36.5 Å². The Morgan fingerprint density at radius 2 is 1.79 bits per heavy atom. The van der Waals surface area contributed by atoms with Crippen LogP contribution in [0.15, 0.2) is 53.6 Å². The first-order chi connectivity index (χ1) is 26.7. The van der Waals surface area contributed by atoms with Crippen LogP contribution in [0.25, 0.3) is 22.8 Å². The molecule has 56 heavy (non-hydrogen) atoms. The molecule has 6 heterocycles. The van der Waals surface area contributed by atoms with Crippen molar-refractivity contribution in [1.29, 1.82) is 0 Å². The number of halogens is 4. The summed E-state index contributed by atoms with van der Waals surface area (Å²) in [5, 5.41) is 14.6. The van der Waals surface area contributed by atoms with Crippen LogP contribution in [-0.2, 0) is 23.3 Å². The lowest BCUT2D eigenvalue weighted by Crippen LogP contribution is -2.61. The van der Waals surface area contributed by atoms with Gasteiger partial charge in [-0.1, -0.05) is 11.2 Å². The van der Waals surface area contributed by atoms with E-state index in [0.717, 1.165) is 51.0 Å². The number of benzene rings is 1. The summed E-state index contributed by atoms with van der Waals surface area (Å²) >= 11 is 0. The number of carbonyl (C=O) groups excluding carboxylic acids is 3. The highest BCUT2D eigenvalue weighted by Crippen LogP contribution is 2.56. The number of nitrogens with zero attached hydrogens (tertiary/aromatic N) is 9. The van der Waals surface area contributed by atoms with Crippen molar-refractivity contribution in [3.05, 3.63) is 83.5 Å². The summed E-state index contributed by atoms with van der Waals surface area (Å²) in [5.74, 6) is -1.66. The highest BCUT2D eigenvalue weighted by atomic mass is 19.4. The quantitative estimate of drug-likeness (QED) is 0.169. The number of alkyl halides is 3. The molecule has 16 nitrogen and oxygen atoms in total. The number of hydrogen-bond donors (Lipinski definition) is 3. The summed E-state index contributed by atoms with van der Waals surface area (Å²) in [6.07, 6.45) is 3.92. The van der Waals surface area contributed by atoms with E-state index in [4.69, 9.17) is 4.52 Å².